The van der Waals surface area contributed by atoms with Crippen molar-refractivity contribution >= 4 is 11.6 Å². The van der Waals surface area contributed by atoms with E-state index in [1.807, 2.05) is 38.2 Å². The minimum atomic E-state index is 0.157. The molecule has 0 radical (unpaired) electrons. The SMILES string of the molecule is Cc1cc(-c2nc(-c3ccc(Cl)c(C)c3)n3c2CCO[C@H](C)C3)ccn1. The number of fused-ring (bicyclic) bond motifs is 1. The van der Waals surface area contributed by atoms with Gasteiger partial charge in [0.2, 0.25) is 0 Å². The highest BCUT2D eigenvalue weighted by Crippen LogP contribution is 2.33. The highest BCUT2D eigenvalue weighted by atomic mass is 35.5. The van der Waals surface area contributed by atoms with Crippen LogP contribution in [0.25, 0.3) is 22.6 Å². The molecule has 0 saturated carbocycles. The molecule has 0 aliphatic carbocycles. The molecule has 0 N–H and O–H groups in total. The first kappa shape index (κ1) is 17.3. The number of hydrogen-bond donors (Lipinski definition) is 0. The van der Waals surface area contributed by atoms with Crippen molar-refractivity contribution in [2.75, 3.05) is 6.61 Å². The van der Waals surface area contributed by atoms with Crippen LogP contribution in [0.2, 0.25) is 5.02 Å². The zero-order chi connectivity index (χ0) is 18.3. The van der Waals surface area contributed by atoms with E-state index in [1.54, 1.807) is 0 Å². The molecule has 26 heavy (non-hydrogen) atoms. The molecular formula is C21H22ClN3O. The molecule has 0 unspecified atom stereocenters. The van der Waals surface area contributed by atoms with Crippen molar-refractivity contribution in [1.82, 2.24) is 14.5 Å². The van der Waals surface area contributed by atoms with Crippen LogP contribution in [0, 0.1) is 13.8 Å². The van der Waals surface area contributed by atoms with E-state index in [9.17, 15) is 0 Å². The number of aryl methyl sites for hydroxylation is 2. The summed E-state index contributed by atoms with van der Waals surface area (Å²) >= 11 is 6.23. The van der Waals surface area contributed by atoms with Gasteiger partial charge in [-0.3, -0.25) is 4.98 Å². The molecule has 0 bridgehead atoms. The van der Waals surface area contributed by atoms with E-state index in [0.717, 1.165) is 51.9 Å². The van der Waals surface area contributed by atoms with Crippen molar-refractivity contribution in [3.8, 4) is 22.6 Å². The Balaban J connectivity index is 1.92. The van der Waals surface area contributed by atoms with Gasteiger partial charge >= 0.3 is 0 Å². The van der Waals surface area contributed by atoms with Crippen LogP contribution in [0.4, 0.5) is 0 Å². The predicted molar refractivity (Wildman–Crippen MR) is 104 cm³/mol. The number of aromatic nitrogens is 3. The van der Waals surface area contributed by atoms with E-state index >= 15 is 0 Å². The maximum atomic E-state index is 6.23. The molecule has 4 rings (SSSR count). The van der Waals surface area contributed by atoms with E-state index in [-0.39, 0.29) is 6.10 Å². The molecule has 1 atom stereocenters. The number of ether oxygens (including phenoxy) is 1. The Bertz CT molecular complexity index is 964. The van der Waals surface area contributed by atoms with Crippen LogP contribution in [-0.2, 0) is 17.7 Å². The van der Waals surface area contributed by atoms with Gasteiger partial charge in [-0.1, -0.05) is 11.6 Å². The van der Waals surface area contributed by atoms with Gasteiger partial charge in [0, 0.05) is 40.2 Å². The molecule has 0 saturated heterocycles. The molecule has 1 aromatic carbocycles. The molecular weight excluding hydrogens is 346 g/mol. The second-order valence-corrected chi connectivity index (χ2v) is 7.33. The lowest BCUT2D eigenvalue weighted by Gasteiger charge is -2.13. The van der Waals surface area contributed by atoms with Crippen molar-refractivity contribution < 1.29 is 4.74 Å². The number of halogens is 1. The Morgan fingerprint density at radius 1 is 1.15 bits per heavy atom. The number of imidazole rings is 1. The molecule has 134 valence electrons. The van der Waals surface area contributed by atoms with E-state index < -0.39 is 0 Å². The topological polar surface area (TPSA) is 39.9 Å². The van der Waals surface area contributed by atoms with E-state index in [4.69, 9.17) is 21.3 Å². The minimum Gasteiger partial charge on any atom is -0.376 e. The Kier molecular flexibility index (Phi) is 4.55. The third-order valence-corrected chi connectivity index (χ3v) is 5.26. The van der Waals surface area contributed by atoms with Crippen molar-refractivity contribution in [3.05, 3.63) is 58.5 Å². The van der Waals surface area contributed by atoms with Crippen molar-refractivity contribution in [2.45, 2.75) is 39.8 Å². The summed E-state index contributed by atoms with van der Waals surface area (Å²) in [5.41, 5.74) is 6.48. The van der Waals surface area contributed by atoms with Crippen LogP contribution in [0.5, 0.6) is 0 Å². The first-order valence-corrected chi connectivity index (χ1v) is 9.31. The highest BCUT2D eigenvalue weighted by molar-refractivity contribution is 6.31. The minimum absolute atomic E-state index is 0.157. The van der Waals surface area contributed by atoms with Crippen molar-refractivity contribution in [2.24, 2.45) is 0 Å². The fourth-order valence-electron chi connectivity index (χ4n) is 3.53. The third-order valence-electron chi connectivity index (χ3n) is 4.84. The van der Waals surface area contributed by atoms with Crippen molar-refractivity contribution in [3.63, 3.8) is 0 Å². The maximum Gasteiger partial charge on any atom is 0.140 e. The fourth-order valence-corrected chi connectivity index (χ4v) is 3.65. The Morgan fingerprint density at radius 2 is 2.00 bits per heavy atom. The molecule has 0 amide bonds. The van der Waals surface area contributed by atoms with E-state index in [1.165, 1.54) is 5.69 Å². The molecule has 0 spiro atoms. The molecule has 2 aromatic heterocycles. The molecule has 4 nitrogen and oxygen atoms in total. The second-order valence-electron chi connectivity index (χ2n) is 6.92. The Hall–Kier alpha value is -2.17. The highest BCUT2D eigenvalue weighted by Gasteiger charge is 2.24. The Labute approximate surface area is 158 Å². The standard InChI is InChI=1S/C21H22ClN3O/c1-13-10-17(4-5-18(13)22)21-24-20(16-6-8-23-14(2)11-16)19-7-9-26-15(3)12-25(19)21/h4-6,8,10-11,15H,7,9,12H2,1-3H3/t15-/m1/s1. The summed E-state index contributed by atoms with van der Waals surface area (Å²) in [6, 6.07) is 10.2. The number of hydrogen-bond acceptors (Lipinski definition) is 3. The molecule has 0 fully saturated rings. The average Bonchev–Trinajstić information content (AvgIpc) is 2.84. The summed E-state index contributed by atoms with van der Waals surface area (Å²) in [6.07, 6.45) is 2.85. The van der Waals surface area contributed by atoms with Gasteiger partial charge in [0.15, 0.2) is 0 Å². The average molecular weight is 368 g/mol. The monoisotopic (exact) mass is 367 g/mol. The van der Waals surface area contributed by atoms with Gasteiger partial charge in [0.25, 0.3) is 0 Å². The number of rotatable bonds is 2. The lowest BCUT2D eigenvalue weighted by Crippen LogP contribution is -2.15. The van der Waals surface area contributed by atoms with Gasteiger partial charge in [0.1, 0.15) is 5.82 Å². The second kappa shape index (κ2) is 6.86. The molecule has 3 heterocycles. The zero-order valence-electron chi connectivity index (χ0n) is 15.3. The van der Waals surface area contributed by atoms with Crippen LogP contribution in [0.3, 0.4) is 0 Å². The van der Waals surface area contributed by atoms with Gasteiger partial charge in [-0.15, -0.1) is 0 Å². The zero-order valence-corrected chi connectivity index (χ0v) is 16.0. The summed E-state index contributed by atoms with van der Waals surface area (Å²) < 4.78 is 8.22. The van der Waals surface area contributed by atoms with Crippen LogP contribution >= 0.6 is 11.6 Å². The Morgan fingerprint density at radius 3 is 2.77 bits per heavy atom. The van der Waals surface area contributed by atoms with Crippen LogP contribution in [0.1, 0.15) is 23.9 Å². The molecule has 1 aliphatic rings. The first-order valence-electron chi connectivity index (χ1n) is 8.93. The van der Waals surface area contributed by atoms with Gasteiger partial charge in [-0.25, -0.2) is 4.98 Å². The summed E-state index contributed by atoms with van der Waals surface area (Å²) in [7, 11) is 0. The number of benzene rings is 1. The summed E-state index contributed by atoms with van der Waals surface area (Å²) in [4.78, 5) is 9.38. The quantitative estimate of drug-likeness (QED) is 0.650. The summed E-state index contributed by atoms with van der Waals surface area (Å²) in [6.45, 7) is 7.65. The summed E-state index contributed by atoms with van der Waals surface area (Å²) in [5.74, 6) is 0.974. The smallest absolute Gasteiger partial charge is 0.140 e. The van der Waals surface area contributed by atoms with Crippen molar-refractivity contribution in [1.29, 1.82) is 0 Å². The first-order chi connectivity index (χ1) is 12.5. The fraction of sp³-hybridized carbons (Fsp3) is 0.333. The van der Waals surface area contributed by atoms with E-state index in [0.29, 0.717) is 6.61 Å². The predicted octanol–water partition coefficient (Wildman–Crippen LogP) is 4.84. The number of nitrogens with zero attached hydrogens (tertiary/aromatic N) is 3. The normalized spacial score (nSPS) is 17.0. The van der Waals surface area contributed by atoms with Crippen LogP contribution in [-0.4, -0.2) is 27.2 Å². The number of pyridine rings is 1. The summed E-state index contributed by atoms with van der Waals surface area (Å²) in [5, 5.41) is 0.776. The van der Waals surface area contributed by atoms with Gasteiger partial charge in [-0.2, -0.15) is 0 Å². The lowest BCUT2D eigenvalue weighted by atomic mass is 10.1. The van der Waals surface area contributed by atoms with Gasteiger partial charge < -0.3 is 9.30 Å². The largest absolute Gasteiger partial charge is 0.376 e. The third kappa shape index (κ3) is 3.15. The van der Waals surface area contributed by atoms with Gasteiger partial charge in [0.05, 0.1) is 24.9 Å². The van der Waals surface area contributed by atoms with Crippen LogP contribution in [0.15, 0.2) is 36.5 Å². The molecule has 3 aromatic rings. The molecule has 1 aliphatic heterocycles. The van der Waals surface area contributed by atoms with E-state index in [2.05, 4.69) is 28.6 Å². The molecule has 5 heteroatoms. The lowest BCUT2D eigenvalue weighted by molar-refractivity contribution is 0.0666. The maximum absolute atomic E-state index is 6.23. The van der Waals surface area contributed by atoms with Crippen LogP contribution < -0.4 is 0 Å². The van der Waals surface area contributed by atoms with Gasteiger partial charge in [-0.05, 0) is 56.7 Å².